The zero-order valence-corrected chi connectivity index (χ0v) is 16.2. The lowest BCUT2D eigenvalue weighted by Gasteiger charge is -2.14. The van der Waals surface area contributed by atoms with Crippen LogP contribution in [0.15, 0.2) is 36.2 Å². The summed E-state index contributed by atoms with van der Waals surface area (Å²) in [6, 6.07) is 4.59. The van der Waals surface area contributed by atoms with Gasteiger partial charge in [-0.2, -0.15) is 8.78 Å². The van der Waals surface area contributed by atoms with Gasteiger partial charge in [0.1, 0.15) is 36.0 Å². The lowest BCUT2D eigenvalue weighted by Crippen LogP contribution is -2.32. The number of hydrogen-bond donors (Lipinski definition) is 2. The van der Waals surface area contributed by atoms with Gasteiger partial charge in [-0.15, -0.1) is 0 Å². The fourth-order valence-electron chi connectivity index (χ4n) is 3.38. The molecule has 2 amide bonds. The third kappa shape index (κ3) is 3.31. The van der Waals surface area contributed by atoms with Crippen molar-refractivity contribution in [1.29, 1.82) is 0 Å². The number of primary amides is 1. The first-order valence-corrected chi connectivity index (χ1v) is 9.22. The van der Waals surface area contributed by atoms with Gasteiger partial charge in [-0.3, -0.25) is 4.79 Å². The molecule has 3 N–H and O–H groups in total. The Bertz CT molecular complexity index is 1060. The Balaban J connectivity index is 1.72. The van der Waals surface area contributed by atoms with E-state index in [1.54, 1.807) is 29.7 Å². The molecule has 1 fully saturated rings. The number of anilines is 2. The van der Waals surface area contributed by atoms with Crippen LogP contribution in [0.3, 0.4) is 0 Å². The third-order valence-electron chi connectivity index (χ3n) is 4.89. The van der Waals surface area contributed by atoms with Crippen molar-refractivity contribution in [2.24, 2.45) is 5.73 Å². The molecule has 3 heterocycles. The first-order valence-electron chi connectivity index (χ1n) is 9.22. The van der Waals surface area contributed by atoms with Crippen LogP contribution in [-0.4, -0.2) is 40.3 Å². The van der Waals surface area contributed by atoms with Crippen LogP contribution < -0.4 is 20.7 Å². The summed E-state index contributed by atoms with van der Waals surface area (Å²) in [6.45, 7) is 3.70. The Labute approximate surface area is 170 Å². The van der Waals surface area contributed by atoms with Gasteiger partial charge in [0.2, 0.25) is 5.91 Å². The summed E-state index contributed by atoms with van der Waals surface area (Å²) in [7, 11) is 0. The minimum absolute atomic E-state index is 0.0413. The molecule has 158 valence electrons. The Morgan fingerprint density at radius 1 is 1.40 bits per heavy atom. The van der Waals surface area contributed by atoms with Gasteiger partial charge in [0.15, 0.2) is 5.82 Å². The number of amides is 2. The molecule has 1 saturated heterocycles. The van der Waals surface area contributed by atoms with Crippen LogP contribution in [-0.2, 0) is 16.1 Å². The van der Waals surface area contributed by atoms with Crippen molar-refractivity contribution >= 4 is 23.5 Å². The number of rotatable bonds is 4. The Kier molecular flexibility index (Phi) is 4.80. The van der Waals surface area contributed by atoms with Crippen molar-refractivity contribution in [3.63, 3.8) is 0 Å². The standard InChI is InChI=1S/C19H19F2N5O4/c1-9(17(22)27)23-11-3-4-12-13(7-11)29-6-5-25-8-14(24-18(12)25)26-15(16(20)21)10(2)30-19(26)28/h3-4,7-10,23H,5-6H2,1-2H3,(H2,22,27)/t9-,10+/m0/s1. The van der Waals surface area contributed by atoms with E-state index < -0.39 is 35.9 Å². The minimum Gasteiger partial charge on any atom is -0.491 e. The van der Waals surface area contributed by atoms with E-state index in [2.05, 4.69) is 10.3 Å². The second kappa shape index (κ2) is 7.32. The molecule has 0 saturated carbocycles. The molecule has 2 aliphatic heterocycles. The molecule has 9 nitrogen and oxygen atoms in total. The summed E-state index contributed by atoms with van der Waals surface area (Å²) in [6.07, 6.45) is -2.47. The molecule has 2 aliphatic rings. The highest BCUT2D eigenvalue weighted by Gasteiger charge is 2.40. The maximum atomic E-state index is 13.4. The quantitative estimate of drug-likeness (QED) is 0.788. The molecule has 30 heavy (non-hydrogen) atoms. The highest BCUT2D eigenvalue weighted by atomic mass is 19.3. The third-order valence-corrected chi connectivity index (χ3v) is 4.89. The zero-order valence-electron chi connectivity index (χ0n) is 16.2. The number of fused-ring (bicyclic) bond motifs is 3. The number of ether oxygens (including phenoxy) is 2. The molecule has 0 unspecified atom stereocenters. The van der Waals surface area contributed by atoms with Gasteiger partial charge in [-0.1, -0.05) is 0 Å². The molecule has 11 heteroatoms. The number of imidazole rings is 1. The number of nitrogens with two attached hydrogens (primary N) is 1. The molecule has 2 aromatic rings. The number of aromatic nitrogens is 2. The number of benzene rings is 1. The van der Waals surface area contributed by atoms with Crippen molar-refractivity contribution in [1.82, 2.24) is 9.55 Å². The largest absolute Gasteiger partial charge is 0.491 e. The maximum absolute atomic E-state index is 13.4. The molecule has 1 aromatic carbocycles. The molecular weight excluding hydrogens is 400 g/mol. The first kappa shape index (κ1) is 19.7. The topological polar surface area (TPSA) is 112 Å². The fourth-order valence-corrected chi connectivity index (χ4v) is 3.38. The number of carbonyl (C=O) groups is 2. The average Bonchev–Trinajstić information content (AvgIpc) is 3.16. The van der Waals surface area contributed by atoms with Gasteiger partial charge in [-0.25, -0.2) is 14.7 Å². The SMILES string of the molecule is C[C@H](Nc1ccc2c(c1)OCCn1cc(N3C(=O)O[C@H](C)C3=C(F)F)nc1-2)C(N)=O. The van der Waals surface area contributed by atoms with Crippen molar-refractivity contribution in [3.05, 3.63) is 36.2 Å². The van der Waals surface area contributed by atoms with Crippen molar-refractivity contribution in [2.75, 3.05) is 16.8 Å². The number of halogens is 2. The van der Waals surface area contributed by atoms with Gasteiger partial charge >= 0.3 is 6.09 Å². The van der Waals surface area contributed by atoms with Crippen molar-refractivity contribution in [2.45, 2.75) is 32.5 Å². The molecular formula is C19H19F2N5O4. The Morgan fingerprint density at radius 2 is 2.17 bits per heavy atom. The number of cyclic esters (lactones) is 1. The van der Waals surface area contributed by atoms with E-state index in [0.717, 1.165) is 4.90 Å². The molecule has 0 radical (unpaired) electrons. The summed E-state index contributed by atoms with van der Waals surface area (Å²) < 4.78 is 39.2. The van der Waals surface area contributed by atoms with Gasteiger partial charge in [0, 0.05) is 18.0 Å². The van der Waals surface area contributed by atoms with Crippen LogP contribution in [0.2, 0.25) is 0 Å². The molecule has 4 rings (SSSR count). The van der Waals surface area contributed by atoms with E-state index in [0.29, 0.717) is 36.0 Å². The summed E-state index contributed by atoms with van der Waals surface area (Å²) >= 11 is 0. The smallest absolute Gasteiger partial charge is 0.420 e. The van der Waals surface area contributed by atoms with Gasteiger partial charge in [0.25, 0.3) is 6.08 Å². The predicted octanol–water partition coefficient (Wildman–Crippen LogP) is 2.68. The van der Waals surface area contributed by atoms with E-state index in [-0.39, 0.29) is 5.82 Å². The van der Waals surface area contributed by atoms with Crippen LogP contribution >= 0.6 is 0 Å². The molecule has 0 bridgehead atoms. The molecule has 2 atom stereocenters. The van der Waals surface area contributed by atoms with Crippen LogP contribution in [0.1, 0.15) is 13.8 Å². The van der Waals surface area contributed by atoms with Crippen LogP contribution in [0, 0.1) is 0 Å². The summed E-state index contributed by atoms with van der Waals surface area (Å²) in [5, 5.41) is 2.97. The van der Waals surface area contributed by atoms with E-state index in [1.807, 2.05) is 0 Å². The Hall–Kier alpha value is -3.63. The van der Waals surface area contributed by atoms with Crippen molar-refractivity contribution in [3.8, 4) is 17.1 Å². The Morgan fingerprint density at radius 3 is 2.87 bits per heavy atom. The lowest BCUT2D eigenvalue weighted by molar-refractivity contribution is -0.118. The second-order valence-corrected chi connectivity index (χ2v) is 6.95. The predicted molar refractivity (Wildman–Crippen MR) is 103 cm³/mol. The molecule has 1 aromatic heterocycles. The van der Waals surface area contributed by atoms with Crippen LogP contribution in [0.4, 0.5) is 25.1 Å². The van der Waals surface area contributed by atoms with E-state index in [4.69, 9.17) is 15.2 Å². The van der Waals surface area contributed by atoms with E-state index in [9.17, 15) is 18.4 Å². The highest BCUT2D eigenvalue weighted by molar-refractivity contribution is 5.93. The molecule has 0 aliphatic carbocycles. The number of nitrogens with one attached hydrogen (secondary N) is 1. The normalized spacial score (nSPS) is 18.7. The van der Waals surface area contributed by atoms with E-state index >= 15 is 0 Å². The number of carbonyl (C=O) groups excluding carboxylic acids is 2. The van der Waals surface area contributed by atoms with Crippen molar-refractivity contribution < 1.29 is 27.8 Å². The maximum Gasteiger partial charge on any atom is 0.420 e. The van der Waals surface area contributed by atoms with Gasteiger partial charge in [0.05, 0.1) is 12.1 Å². The van der Waals surface area contributed by atoms with Gasteiger partial charge in [-0.05, 0) is 26.0 Å². The minimum atomic E-state index is -2.00. The summed E-state index contributed by atoms with van der Waals surface area (Å²) in [5.74, 6) is 0.497. The average molecular weight is 419 g/mol. The number of hydrogen-bond acceptors (Lipinski definition) is 6. The lowest BCUT2D eigenvalue weighted by atomic mass is 10.1. The fraction of sp³-hybridized carbons (Fsp3) is 0.316. The summed E-state index contributed by atoms with van der Waals surface area (Å²) in [5.41, 5.74) is 6.00. The zero-order chi connectivity index (χ0) is 21.6. The first-order chi connectivity index (χ1) is 14.3. The van der Waals surface area contributed by atoms with Gasteiger partial charge < -0.3 is 25.1 Å². The summed E-state index contributed by atoms with van der Waals surface area (Å²) in [4.78, 5) is 28.6. The molecule has 0 spiro atoms. The van der Waals surface area contributed by atoms with E-state index in [1.165, 1.54) is 13.1 Å². The monoisotopic (exact) mass is 419 g/mol. The van der Waals surface area contributed by atoms with Crippen LogP contribution in [0.5, 0.6) is 5.75 Å². The highest BCUT2D eigenvalue weighted by Crippen LogP contribution is 2.38. The van der Waals surface area contributed by atoms with Crippen LogP contribution in [0.25, 0.3) is 11.4 Å². The number of nitrogens with zero attached hydrogens (tertiary/aromatic N) is 3. The second-order valence-electron chi connectivity index (χ2n) is 6.95.